The Morgan fingerprint density at radius 2 is 1.71 bits per heavy atom. The lowest BCUT2D eigenvalue weighted by molar-refractivity contribution is 1.06. The predicted molar refractivity (Wildman–Crippen MR) is 81.7 cm³/mol. The van der Waals surface area contributed by atoms with E-state index < -0.39 is 0 Å². The van der Waals surface area contributed by atoms with Crippen molar-refractivity contribution in [3.63, 3.8) is 0 Å². The van der Waals surface area contributed by atoms with Gasteiger partial charge in [-0.1, -0.05) is 36.4 Å². The zero-order chi connectivity index (χ0) is 14.8. The molecule has 2 N–H and O–H groups in total. The molecule has 0 bridgehead atoms. The van der Waals surface area contributed by atoms with Gasteiger partial charge >= 0.3 is 0 Å². The van der Waals surface area contributed by atoms with Gasteiger partial charge in [0.15, 0.2) is 0 Å². The van der Waals surface area contributed by atoms with Crippen molar-refractivity contribution >= 4 is 0 Å². The van der Waals surface area contributed by atoms with Crippen molar-refractivity contribution < 1.29 is 0 Å². The van der Waals surface area contributed by atoms with Gasteiger partial charge in [0.25, 0.3) is 5.56 Å². The fraction of sp³-hybridized carbons (Fsp3) is 0.0588. The van der Waals surface area contributed by atoms with Crippen molar-refractivity contribution in [3.05, 3.63) is 70.0 Å². The van der Waals surface area contributed by atoms with Gasteiger partial charge in [-0.2, -0.15) is 5.26 Å². The standard InChI is InChI=1S/C17H13N3O/c1-11-4-2-3-5-14(11)16-15(17(21)20-19-16)13-8-6-12(10-18)7-9-13/h2-9H,1H3,(H2,19,20,21). The molecule has 3 rings (SSSR count). The van der Waals surface area contributed by atoms with E-state index in [1.54, 1.807) is 24.3 Å². The van der Waals surface area contributed by atoms with Crippen LogP contribution in [0.5, 0.6) is 0 Å². The van der Waals surface area contributed by atoms with Crippen LogP contribution in [0.2, 0.25) is 0 Å². The number of hydrogen-bond donors (Lipinski definition) is 2. The van der Waals surface area contributed by atoms with Gasteiger partial charge in [-0.15, -0.1) is 0 Å². The SMILES string of the molecule is Cc1ccccc1-c1[nH][nH]c(=O)c1-c1ccc(C#N)cc1. The highest BCUT2D eigenvalue weighted by molar-refractivity contribution is 5.81. The van der Waals surface area contributed by atoms with Gasteiger partial charge in [-0.3, -0.25) is 15.0 Å². The third kappa shape index (κ3) is 2.26. The largest absolute Gasteiger partial charge is 0.297 e. The van der Waals surface area contributed by atoms with Crippen molar-refractivity contribution in [1.82, 2.24) is 10.2 Å². The van der Waals surface area contributed by atoms with E-state index in [1.165, 1.54) is 0 Å². The minimum atomic E-state index is -0.169. The van der Waals surface area contributed by atoms with Crippen LogP contribution in [0.4, 0.5) is 0 Å². The monoisotopic (exact) mass is 275 g/mol. The van der Waals surface area contributed by atoms with Gasteiger partial charge in [-0.05, 0) is 30.2 Å². The summed E-state index contributed by atoms with van der Waals surface area (Å²) >= 11 is 0. The van der Waals surface area contributed by atoms with Crippen molar-refractivity contribution in [2.75, 3.05) is 0 Å². The first-order chi connectivity index (χ1) is 10.2. The van der Waals surface area contributed by atoms with Gasteiger partial charge in [-0.25, -0.2) is 0 Å². The molecule has 4 heteroatoms. The average Bonchev–Trinajstić information content (AvgIpc) is 2.89. The van der Waals surface area contributed by atoms with Gasteiger partial charge in [0.05, 0.1) is 22.9 Å². The molecule has 0 unspecified atom stereocenters. The van der Waals surface area contributed by atoms with E-state index in [2.05, 4.69) is 16.3 Å². The Kier molecular flexibility index (Phi) is 3.17. The lowest BCUT2D eigenvalue weighted by Gasteiger charge is -2.06. The van der Waals surface area contributed by atoms with Gasteiger partial charge in [0, 0.05) is 5.56 Å². The molecule has 0 spiro atoms. The van der Waals surface area contributed by atoms with Crippen molar-refractivity contribution in [3.8, 4) is 28.5 Å². The Bertz CT molecular complexity index is 879. The molecule has 102 valence electrons. The van der Waals surface area contributed by atoms with Crippen molar-refractivity contribution in [1.29, 1.82) is 5.26 Å². The van der Waals surface area contributed by atoms with E-state index in [1.807, 2.05) is 31.2 Å². The maximum absolute atomic E-state index is 12.1. The van der Waals surface area contributed by atoms with Crippen LogP contribution < -0.4 is 5.56 Å². The minimum absolute atomic E-state index is 0.169. The quantitative estimate of drug-likeness (QED) is 0.753. The number of aromatic amines is 2. The van der Waals surface area contributed by atoms with E-state index in [-0.39, 0.29) is 5.56 Å². The minimum Gasteiger partial charge on any atom is -0.297 e. The van der Waals surface area contributed by atoms with Crippen molar-refractivity contribution in [2.45, 2.75) is 6.92 Å². The molecule has 0 aliphatic carbocycles. The van der Waals surface area contributed by atoms with Crippen LogP contribution in [-0.4, -0.2) is 10.2 Å². The number of nitrogens with zero attached hydrogens (tertiary/aromatic N) is 1. The number of rotatable bonds is 2. The maximum atomic E-state index is 12.1. The fourth-order valence-corrected chi connectivity index (χ4v) is 2.40. The average molecular weight is 275 g/mol. The Morgan fingerprint density at radius 1 is 1.00 bits per heavy atom. The third-order valence-electron chi connectivity index (χ3n) is 3.50. The summed E-state index contributed by atoms with van der Waals surface area (Å²) in [7, 11) is 0. The summed E-state index contributed by atoms with van der Waals surface area (Å²) < 4.78 is 0. The Balaban J connectivity index is 2.20. The summed E-state index contributed by atoms with van der Waals surface area (Å²) in [6.07, 6.45) is 0. The molecule has 0 atom stereocenters. The Morgan fingerprint density at radius 3 is 2.38 bits per heavy atom. The van der Waals surface area contributed by atoms with Crippen LogP contribution in [0.15, 0.2) is 53.3 Å². The second-order valence-electron chi connectivity index (χ2n) is 4.83. The number of aryl methyl sites for hydroxylation is 1. The van der Waals surface area contributed by atoms with Crippen LogP contribution >= 0.6 is 0 Å². The molecule has 4 nitrogen and oxygen atoms in total. The third-order valence-corrected chi connectivity index (χ3v) is 3.50. The second-order valence-corrected chi connectivity index (χ2v) is 4.83. The zero-order valence-electron chi connectivity index (χ0n) is 11.5. The Hall–Kier alpha value is -3.06. The molecular formula is C17H13N3O. The van der Waals surface area contributed by atoms with E-state index in [9.17, 15) is 4.79 Å². The van der Waals surface area contributed by atoms with Crippen LogP contribution in [0.3, 0.4) is 0 Å². The van der Waals surface area contributed by atoms with Gasteiger partial charge in [0.1, 0.15) is 0 Å². The molecule has 0 radical (unpaired) electrons. The van der Waals surface area contributed by atoms with Gasteiger partial charge in [0.2, 0.25) is 0 Å². The highest BCUT2D eigenvalue weighted by Crippen LogP contribution is 2.29. The molecule has 0 amide bonds. The molecule has 0 fully saturated rings. The van der Waals surface area contributed by atoms with Crippen molar-refractivity contribution in [2.24, 2.45) is 0 Å². The lowest BCUT2D eigenvalue weighted by atomic mass is 9.98. The molecule has 0 aliphatic heterocycles. The summed E-state index contributed by atoms with van der Waals surface area (Å²) in [5.74, 6) is 0. The molecule has 21 heavy (non-hydrogen) atoms. The maximum Gasteiger partial charge on any atom is 0.272 e. The van der Waals surface area contributed by atoms with E-state index in [0.717, 1.165) is 22.4 Å². The first-order valence-corrected chi connectivity index (χ1v) is 6.58. The van der Waals surface area contributed by atoms with E-state index in [4.69, 9.17) is 5.26 Å². The van der Waals surface area contributed by atoms with Crippen LogP contribution in [0, 0.1) is 18.3 Å². The van der Waals surface area contributed by atoms with Crippen LogP contribution in [0.1, 0.15) is 11.1 Å². The molecule has 1 heterocycles. The first kappa shape index (κ1) is 12.9. The van der Waals surface area contributed by atoms with Crippen LogP contribution in [-0.2, 0) is 0 Å². The lowest BCUT2D eigenvalue weighted by Crippen LogP contribution is -2.01. The molecule has 1 aromatic heterocycles. The number of nitriles is 1. The number of aromatic nitrogens is 2. The highest BCUT2D eigenvalue weighted by Gasteiger charge is 2.15. The molecule has 0 aliphatic rings. The molecule has 2 aromatic carbocycles. The van der Waals surface area contributed by atoms with Crippen LogP contribution in [0.25, 0.3) is 22.4 Å². The summed E-state index contributed by atoms with van der Waals surface area (Å²) in [6, 6.07) is 17.0. The summed E-state index contributed by atoms with van der Waals surface area (Å²) in [5.41, 5.74) is 4.62. The smallest absolute Gasteiger partial charge is 0.272 e. The molecule has 3 aromatic rings. The van der Waals surface area contributed by atoms with Gasteiger partial charge < -0.3 is 0 Å². The topological polar surface area (TPSA) is 72.4 Å². The Labute approximate surface area is 121 Å². The first-order valence-electron chi connectivity index (χ1n) is 6.58. The number of benzene rings is 2. The number of hydrogen-bond acceptors (Lipinski definition) is 2. The number of nitrogens with one attached hydrogen (secondary N) is 2. The molecule has 0 saturated carbocycles. The molecular weight excluding hydrogens is 262 g/mol. The number of H-pyrrole nitrogens is 2. The zero-order valence-corrected chi connectivity index (χ0v) is 11.5. The van der Waals surface area contributed by atoms with E-state index in [0.29, 0.717) is 11.1 Å². The summed E-state index contributed by atoms with van der Waals surface area (Å²) in [4.78, 5) is 12.1. The highest BCUT2D eigenvalue weighted by atomic mass is 16.1. The predicted octanol–water partition coefficient (Wildman–Crippen LogP) is 3.22. The second kappa shape index (κ2) is 5.14. The summed E-state index contributed by atoms with van der Waals surface area (Å²) in [6.45, 7) is 2.00. The fourth-order valence-electron chi connectivity index (χ4n) is 2.40. The normalized spacial score (nSPS) is 10.3. The van der Waals surface area contributed by atoms with E-state index >= 15 is 0 Å². The summed E-state index contributed by atoms with van der Waals surface area (Å²) in [5, 5.41) is 14.5. The molecule has 0 saturated heterocycles.